The van der Waals surface area contributed by atoms with E-state index < -0.39 is 0 Å². The molecule has 1 N–H and O–H groups in total. The van der Waals surface area contributed by atoms with Crippen molar-refractivity contribution in [3.8, 4) is 0 Å². The number of benzene rings is 2. The lowest BCUT2D eigenvalue weighted by Gasteiger charge is -2.36. The minimum absolute atomic E-state index is 0.0324. The van der Waals surface area contributed by atoms with Crippen molar-refractivity contribution in [2.45, 2.75) is 20.4 Å². The van der Waals surface area contributed by atoms with Gasteiger partial charge in [0.25, 0.3) is 0 Å². The van der Waals surface area contributed by atoms with Crippen LogP contribution in [-0.4, -0.2) is 37.0 Å². The highest BCUT2D eigenvalue weighted by Gasteiger charge is 2.17. The maximum absolute atomic E-state index is 11.1. The number of nitrogens with one attached hydrogen (secondary N) is 1. The summed E-state index contributed by atoms with van der Waals surface area (Å²) in [5.41, 5.74) is 4.78. The summed E-state index contributed by atoms with van der Waals surface area (Å²) in [5.74, 6) is -0.0324. The van der Waals surface area contributed by atoms with Gasteiger partial charge in [-0.05, 0) is 42.3 Å². The van der Waals surface area contributed by atoms with E-state index in [1.807, 2.05) is 12.1 Å². The first-order valence-electron chi connectivity index (χ1n) is 8.51. The maximum Gasteiger partial charge on any atom is 0.221 e. The van der Waals surface area contributed by atoms with Crippen molar-refractivity contribution >= 4 is 17.3 Å². The fourth-order valence-corrected chi connectivity index (χ4v) is 3.14. The van der Waals surface area contributed by atoms with Crippen LogP contribution in [0.4, 0.5) is 11.4 Å². The lowest BCUT2D eigenvalue weighted by Crippen LogP contribution is -2.45. The molecule has 126 valence electrons. The Morgan fingerprint density at radius 3 is 2.38 bits per heavy atom. The molecule has 1 heterocycles. The Balaban J connectivity index is 1.52. The third-order valence-corrected chi connectivity index (χ3v) is 4.42. The van der Waals surface area contributed by atoms with Crippen LogP contribution in [0.1, 0.15) is 18.1 Å². The van der Waals surface area contributed by atoms with Crippen LogP contribution in [0.2, 0.25) is 0 Å². The zero-order chi connectivity index (χ0) is 16.9. The minimum atomic E-state index is -0.0324. The average Bonchev–Trinajstić information content (AvgIpc) is 2.57. The highest BCUT2D eigenvalue weighted by Crippen LogP contribution is 2.19. The van der Waals surface area contributed by atoms with Crippen molar-refractivity contribution in [1.82, 2.24) is 4.90 Å². The molecule has 1 aliphatic heterocycles. The summed E-state index contributed by atoms with van der Waals surface area (Å²) in [7, 11) is 0. The zero-order valence-electron chi connectivity index (χ0n) is 14.5. The fourth-order valence-electron chi connectivity index (χ4n) is 3.14. The summed E-state index contributed by atoms with van der Waals surface area (Å²) in [4.78, 5) is 16.0. The van der Waals surface area contributed by atoms with Crippen LogP contribution >= 0.6 is 0 Å². The minimum Gasteiger partial charge on any atom is -0.369 e. The Morgan fingerprint density at radius 1 is 1.04 bits per heavy atom. The Labute approximate surface area is 144 Å². The van der Waals surface area contributed by atoms with E-state index in [0.29, 0.717) is 0 Å². The summed E-state index contributed by atoms with van der Waals surface area (Å²) < 4.78 is 0. The topological polar surface area (TPSA) is 35.6 Å². The molecule has 0 aromatic heterocycles. The summed E-state index contributed by atoms with van der Waals surface area (Å²) in [6, 6.07) is 16.9. The number of hydrogen-bond acceptors (Lipinski definition) is 3. The molecule has 24 heavy (non-hydrogen) atoms. The van der Waals surface area contributed by atoms with Gasteiger partial charge in [-0.2, -0.15) is 0 Å². The standard InChI is InChI=1S/C20H25N3O/c1-16-4-3-5-20(14-16)23-12-10-22(11-13-23)15-18-6-8-19(9-7-18)21-17(2)24/h3-9,14H,10-13,15H2,1-2H3,(H,21,24). The second-order valence-corrected chi connectivity index (χ2v) is 6.48. The van der Waals surface area contributed by atoms with Crippen LogP contribution in [-0.2, 0) is 11.3 Å². The molecule has 0 atom stereocenters. The number of carbonyl (C=O) groups is 1. The smallest absolute Gasteiger partial charge is 0.221 e. The van der Waals surface area contributed by atoms with Gasteiger partial charge < -0.3 is 10.2 Å². The zero-order valence-corrected chi connectivity index (χ0v) is 14.5. The number of carbonyl (C=O) groups excluding carboxylic acids is 1. The normalized spacial score (nSPS) is 15.3. The third-order valence-electron chi connectivity index (χ3n) is 4.42. The molecule has 3 rings (SSSR count). The Bertz CT molecular complexity index is 688. The summed E-state index contributed by atoms with van der Waals surface area (Å²) >= 11 is 0. The molecule has 0 bridgehead atoms. The van der Waals surface area contributed by atoms with Crippen molar-refractivity contribution < 1.29 is 4.79 Å². The molecule has 0 radical (unpaired) electrons. The largest absolute Gasteiger partial charge is 0.369 e. The molecule has 0 aliphatic carbocycles. The highest BCUT2D eigenvalue weighted by atomic mass is 16.1. The summed E-state index contributed by atoms with van der Waals surface area (Å²) in [6.45, 7) is 8.90. The van der Waals surface area contributed by atoms with Crippen molar-refractivity contribution in [3.05, 3.63) is 59.7 Å². The van der Waals surface area contributed by atoms with Crippen LogP contribution in [0.3, 0.4) is 0 Å². The SMILES string of the molecule is CC(=O)Nc1ccc(CN2CCN(c3cccc(C)c3)CC2)cc1. The van der Waals surface area contributed by atoms with Gasteiger partial charge in [-0.15, -0.1) is 0 Å². The Hall–Kier alpha value is -2.33. The van der Waals surface area contributed by atoms with Crippen molar-refractivity contribution in [3.63, 3.8) is 0 Å². The quantitative estimate of drug-likeness (QED) is 0.938. The molecule has 1 aliphatic rings. The van der Waals surface area contributed by atoms with Crippen LogP contribution in [0.15, 0.2) is 48.5 Å². The predicted octanol–water partition coefficient (Wildman–Crippen LogP) is 3.28. The molecule has 1 fully saturated rings. The van der Waals surface area contributed by atoms with Gasteiger partial charge >= 0.3 is 0 Å². The van der Waals surface area contributed by atoms with E-state index in [1.165, 1.54) is 23.7 Å². The number of nitrogens with zero attached hydrogens (tertiary/aromatic N) is 2. The number of piperazine rings is 1. The summed E-state index contributed by atoms with van der Waals surface area (Å²) in [5, 5.41) is 2.80. The molecular formula is C20H25N3O. The van der Waals surface area contributed by atoms with Gasteiger partial charge in [-0.3, -0.25) is 9.69 Å². The molecule has 1 saturated heterocycles. The van der Waals surface area contributed by atoms with E-state index in [2.05, 4.69) is 58.4 Å². The van der Waals surface area contributed by atoms with Crippen LogP contribution in [0, 0.1) is 6.92 Å². The molecule has 4 heteroatoms. The second kappa shape index (κ2) is 7.49. The van der Waals surface area contributed by atoms with Gasteiger partial charge in [0.2, 0.25) is 5.91 Å². The van der Waals surface area contributed by atoms with E-state index >= 15 is 0 Å². The maximum atomic E-state index is 11.1. The Morgan fingerprint density at radius 2 is 1.75 bits per heavy atom. The van der Waals surface area contributed by atoms with Gasteiger partial charge in [0.05, 0.1) is 0 Å². The summed E-state index contributed by atoms with van der Waals surface area (Å²) in [6.07, 6.45) is 0. The van der Waals surface area contributed by atoms with Crippen LogP contribution < -0.4 is 10.2 Å². The van der Waals surface area contributed by atoms with E-state index in [4.69, 9.17) is 0 Å². The van der Waals surface area contributed by atoms with Gasteiger partial charge in [0, 0.05) is 51.0 Å². The molecule has 2 aromatic rings. The van der Waals surface area contributed by atoms with E-state index in [1.54, 1.807) is 0 Å². The third kappa shape index (κ3) is 4.36. The van der Waals surface area contributed by atoms with Crippen LogP contribution in [0.25, 0.3) is 0 Å². The molecular weight excluding hydrogens is 298 g/mol. The average molecular weight is 323 g/mol. The number of hydrogen-bond donors (Lipinski definition) is 1. The van der Waals surface area contributed by atoms with Crippen LogP contribution in [0.5, 0.6) is 0 Å². The first-order chi connectivity index (χ1) is 11.6. The monoisotopic (exact) mass is 323 g/mol. The van der Waals surface area contributed by atoms with Crippen molar-refractivity contribution in [2.75, 3.05) is 36.4 Å². The van der Waals surface area contributed by atoms with E-state index in [-0.39, 0.29) is 5.91 Å². The number of amides is 1. The number of anilines is 2. The van der Waals surface area contributed by atoms with Gasteiger partial charge in [0.15, 0.2) is 0 Å². The van der Waals surface area contributed by atoms with Crippen molar-refractivity contribution in [2.24, 2.45) is 0 Å². The Kier molecular flexibility index (Phi) is 5.16. The highest BCUT2D eigenvalue weighted by molar-refractivity contribution is 5.88. The first kappa shape index (κ1) is 16.5. The number of aryl methyl sites for hydroxylation is 1. The van der Waals surface area contributed by atoms with Gasteiger partial charge in [-0.1, -0.05) is 24.3 Å². The second-order valence-electron chi connectivity index (χ2n) is 6.48. The van der Waals surface area contributed by atoms with E-state index in [9.17, 15) is 4.79 Å². The molecule has 0 saturated carbocycles. The number of rotatable bonds is 4. The van der Waals surface area contributed by atoms with Gasteiger partial charge in [-0.25, -0.2) is 0 Å². The molecule has 4 nitrogen and oxygen atoms in total. The van der Waals surface area contributed by atoms with E-state index in [0.717, 1.165) is 38.4 Å². The lowest BCUT2D eigenvalue weighted by molar-refractivity contribution is -0.114. The molecule has 1 amide bonds. The first-order valence-corrected chi connectivity index (χ1v) is 8.51. The lowest BCUT2D eigenvalue weighted by atomic mass is 10.1. The van der Waals surface area contributed by atoms with Gasteiger partial charge in [0.1, 0.15) is 0 Å². The van der Waals surface area contributed by atoms with Crippen molar-refractivity contribution in [1.29, 1.82) is 0 Å². The molecule has 2 aromatic carbocycles. The fraction of sp³-hybridized carbons (Fsp3) is 0.350. The molecule has 0 spiro atoms. The predicted molar refractivity (Wildman–Crippen MR) is 99.4 cm³/mol. The molecule has 0 unspecified atom stereocenters.